The minimum Gasteiger partial charge on any atom is -0.493 e. The third kappa shape index (κ3) is 4.11. The Morgan fingerprint density at radius 2 is 1.79 bits per heavy atom. The van der Waals surface area contributed by atoms with Crippen molar-refractivity contribution in [1.29, 1.82) is 0 Å². The van der Waals surface area contributed by atoms with Crippen molar-refractivity contribution in [1.82, 2.24) is 14.9 Å². The second-order valence-corrected chi connectivity index (χ2v) is 6.58. The first-order valence-corrected chi connectivity index (χ1v) is 9.44. The summed E-state index contributed by atoms with van der Waals surface area (Å²) in [6, 6.07) is 3.59. The van der Waals surface area contributed by atoms with Crippen molar-refractivity contribution < 1.29 is 14.3 Å². The summed E-state index contributed by atoms with van der Waals surface area (Å²) in [6.45, 7) is 4.68. The molecule has 1 amide bonds. The normalized spacial score (nSPS) is 14.7. The molecule has 2 N–H and O–H groups in total. The third-order valence-electron chi connectivity index (χ3n) is 4.83. The second kappa shape index (κ2) is 8.77. The largest absolute Gasteiger partial charge is 0.493 e. The zero-order chi connectivity index (χ0) is 20.1. The number of nitrogen functional groups attached to an aromatic ring is 1. The van der Waals surface area contributed by atoms with E-state index in [1.165, 1.54) is 0 Å². The first-order valence-electron chi connectivity index (χ1n) is 9.44. The van der Waals surface area contributed by atoms with Gasteiger partial charge < -0.3 is 25.0 Å². The molecule has 0 spiro atoms. The molecule has 3 rings (SSSR count). The summed E-state index contributed by atoms with van der Waals surface area (Å²) in [5.74, 6) is 2.29. The van der Waals surface area contributed by atoms with Crippen LogP contribution in [0.25, 0.3) is 10.9 Å². The zero-order valence-electron chi connectivity index (χ0n) is 16.6. The maximum Gasteiger partial charge on any atom is 0.228 e. The number of piperazine rings is 1. The molecule has 0 bridgehead atoms. The van der Waals surface area contributed by atoms with Crippen LogP contribution in [-0.4, -0.2) is 61.2 Å². The van der Waals surface area contributed by atoms with E-state index in [4.69, 9.17) is 15.2 Å². The predicted molar refractivity (Wildman–Crippen MR) is 110 cm³/mol. The Bertz CT molecular complexity index is 876. The van der Waals surface area contributed by atoms with Crippen LogP contribution in [0, 0.1) is 0 Å². The highest BCUT2D eigenvalue weighted by Gasteiger charge is 2.23. The van der Waals surface area contributed by atoms with Crippen LogP contribution in [0.15, 0.2) is 24.3 Å². The molecule has 1 fully saturated rings. The number of fused-ring (bicyclic) bond motifs is 1. The highest BCUT2D eigenvalue weighted by atomic mass is 16.5. The van der Waals surface area contributed by atoms with Crippen LogP contribution < -0.4 is 20.1 Å². The molecule has 28 heavy (non-hydrogen) atoms. The first-order chi connectivity index (χ1) is 13.6. The van der Waals surface area contributed by atoms with Gasteiger partial charge in [0.05, 0.1) is 19.7 Å². The average Bonchev–Trinajstić information content (AvgIpc) is 2.73. The average molecular weight is 385 g/mol. The van der Waals surface area contributed by atoms with Crippen molar-refractivity contribution in [2.45, 2.75) is 19.8 Å². The van der Waals surface area contributed by atoms with Gasteiger partial charge in [0.1, 0.15) is 5.82 Å². The Hall–Kier alpha value is -3.03. The molecule has 150 valence electrons. The number of allylic oxidation sites excluding steroid dienone is 1. The van der Waals surface area contributed by atoms with Crippen LogP contribution in [0.1, 0.15) is 19.8 Å². The lowest BCUT2D eigenvalue weighted by Gasteiger charge is -2.34. The van der Waals surface area contributed by atoms with Gasteiger partial charge >= 0.3 is 0 Å². The molecule has 0 atom stereocenters. The van der Waals surface area contributed by atoms with E-state index in [1.54, 1.807) is 26.4 Å². The molecule has 0 unspecified atom stereocenters. The quantitative estimate of drug-likeness (QED) is 0.762. The maximum absolute atomic E-state index is 12.3. The number of anilines is 2. The molecule has 1 aliphatic rings. The molecule has 0 aliphatic carbocycles. The van der Waals surface area contributed by atoms with Crippen LogP contribution in [0.2, 0.25) is 0 Å². The van der Waals surface area contributed by atoms with E-state index in [-0.39, 0.29) is 5.91 Å². The third-order valence-corrected chi connectivity index (χ3v) is 4.83. The molecule has 8 heteroatoms. The SMILES string of the molecule is CC/C=C/CC(=O)N1CCN(c2nc(N)c3cc(OC)c(OC)cc3n2)CC1. The van der Waals surface area contributed by atoms with Crippen molar-refractivity contribution in [3.8, 4) is 11.5 Å². The number of carbonyl (C=O) groups is 1. The van der Waals surface area contributed by atoms with Crippen molar-refractivity contribution in [2.24, 2.45) is 0 Å². The van der Waals surface area contributed by atoms with Gasteiger partial charge in [-0.25, -0.2) is 4.98 Å². The summed E-state index contributed by atoms with van der Waals surface area (Å²) in [7, 11) is 3.16. The highest BCUT2D eigenvalue weighted by Crippen LogP contribution is 2.34. The van der Waals surface area contributed by atoms with Gasteiger partial charge in [-0.05, 0) is 12.5 Å². The Labute approximate surface area is 164 Å². The van der Waals surface area contributed by atoms with Gasteiger partial charge in [-0.2, -0.15) is 4.98 Å². The molecule has 1 saturated heterocycles. The molecule has 2 heterocycles. The molecule has 1 aromatic heterocycles. The Morgan fingerprint density at radius 3 is 2.43 bits per heavy atom. The summed E-state index contributed by atoms with van der Waals surface area (Å²) in [4.78, 5) is 25.3. The van der Waals surface area contributed by atoms with E-state index in [0.29, 0.717) is 61.4 Å². The number of rotatable bonds is 6. The van der Waals surface area contributed by atoms with Crippen LogP contribution >= 0.6 is 0 Å². The minimum atomic E-state index is 0.153. The zero-order valence-corrected chi connectivity index (χ0v) is 16.6. The van der Waals surface area contributed by atoms with E-state index in [0.717, 1.165) is 11.8 Å². The second-order valence-electron chi connectivity index (χ2n) is 6.58. The van der Waals surface area contributed by atoms with Gasteiger partial charge in [-0.15, -0.1) is 0 Å². The Kier molecular flexibility index (Phi) is 6.18. The fraction of sp³-hybridized carbons (Fsp3) is 0.450. The standard InChI is InChI=1S/C20H27N5O3/c1-4-5-6-7-18(26)24-8-10-25(11-9-24)20-22-15-13-17(28-3)16(27-2)12-14(15)19(21)23-20/h5-6,12-13H,4,7-11H2,1-3H3,(H2,21,22,23)/b6-5+. The fourth-order valence-electron chi connectivity index (χ4n) is 3.24. The van der Waals surface area contributed by atoms with E-state index in [9.17, 15) is 4.79 Å². The van der Waals surface area contributed by atoms with Gasteiger partial charge in [0, 0.05) is 44.1 Å². The van der Waals surface area contributed by atoms with Crippen molar-refractivity contribution in [3.05, 3.63) is 24.3 Å². The van der Waals surface area contributed by atoms with Gasteiger partial charge in [-0.1, -0.05) is 19.1 Å². The van der Waals surface area contributed by atoms with Crippen molar-refractivity contribution in [2.75, 3.05) is 51.0 Å². The fourth-order valence-corrected chi connectivity index (χ4v) is 3.24. The van der Waals surface area contributed by atoms with Gasteiger partial charge in [0.15, 0.2) is 11.5 Å². The number of hydrogen-bond acceptors (Lipinski definition) is 7. The van der Waals surface area contributed by atoms with E-state index < -0.39 is 0 Å². The van der Waals surface area contributed by atoms with E-state index in [1.807, 2.05) is 17.1 Å². The van der Waals surface area contributed by atoms with E-state index in [2.05, 4.69) is 21.8 Å². The summed E-state index contributed by atoms with van der Waals surface area (Å²) in [5.41, 5.74) is 6.87. The molecule has 1 aliphatic heterocycles. The number of amides is 1. The lowest BCUT2D eigenvalue weighted by molar-refractivity contribution is -0.130. The first kappa shape index (κ1) is 19.7. The lowest BCUT2D eigenvalue weighted by atomic mass is 10.2. The number of methoxy groups -OCH3 is 2. The van der Waals surface area contributed by atoms with Crippen molar-refractivity contribution in [3.63, 3.8) is 0 Å². The predicted octanol–water partition coefficient (Wildman–Crippen LogP) is 2.23. The van der Waals surface area contributed by atoms with Gasteiger partial charge in [-0.3, -0.25) is 4.79 Å². The number of carbonyl (C=O) groups excluding carboxylic acids is 1. The molecule has 8 nitrogen and oxygen atoms in total. The van der Waals surface area contributed by atoms with Crippen LogP contribution in [0.4, 0.5) is 11.8 Å². The molecular formula is C20H27N5O3. The lowest BCUT2D eigenvalue weighted by Crippen LogP contribution is -2.49. The number of aromatic nitrogens is 2. The molecule has 2 aromatic rings. The number of nitrogens with two attached hydrogens (primary N) is 1. The number of nitrogens with zero attached hydrogens (tertiary/aromatic N) is 4. The molecule has 1 aromatic carbocycles. The maximum atomic E-state index is 12.3. The molecular weight excluding hydrogens is 358 g/mol. The topological polar surface area (TPSA) is 93.8 Å². The monoisotopic (exact) mass is 385 g/mol. The minimum absolute atomic E-state index is 0.153. The van der Waals surface area contributed by atoms with Crippen LogP contribution in [-0.2, 0) is 4.79 Å². The van der Waals surface area contributed by atoms with Crippen molar-refractivity contribution >= 4 is 28.6 Å². The van der Waals surface area contributed by atoms with Crippen LogP contribution in [0.5, 0.6) is 11.5 Å². The summed E-state index contributed by atoms with van der Waals surface area (Å²) >= 11 is 0. The molecule has 0 saturated carbocycles. The van der Waals surface area contributed by atoms with E-state index >= 15 is 0 Å². The number of benzene rings is 1. The number of ether oxygens (including phenoxy) is 2. The highest BCUT2D eigenvalue weighted by molar-refractivity contribution is 5.91. The van der Waals surface area contributed by atoms with Crippen LogP contribution in [0.3, 0.4) is 0 Å². The summed E-state index contributed by atoms with van der Waals surface area (Å²) < 4.78 is 10.7. The summed E-state index contributed by atoms with van der Waals surface area (Å²) in [6.07, 6.45) is 5.35. The van der Waals surface area contributed by atoms with Gasteiger partial charge in [0.25, 0.3) is 0 Å². The summed E-state index contributed by atoms with van der Waals surface area (Å²) in [5, 5.41) is 0.720. The Balaban J connectivity index is 1.76. The van der Waals surface area contributed by atoms with Gasteiger partial charge in [0.2, 0.25) is 11.9 Å². The smallest absolute Gasteiger partial charge is 0.228 e. The number of hydrogen-bond donors (Lipinski definition) is 1. The molecule has 0 radical (unpaired) electrons. The Morgan fingerprint density at radius 1 is 1.11 bits per heavy atom.